The first-order chi connectivity index (χ1) is 48.9. The smallest absolute Gasteiger partial charge is 0.426 e. The molecular formula is C78H114O18P4. The molecule has 0 saturated carbocycles. The first-order valence-corrected chi connectivity index (χ1v) is 40.3. The first-order valence-electron chi connectivity index (χ1n) is 36.0. The fourth-order valence-electron chi connectivity index (χ4n) is 9.94. The van der Waals surface area contributed by atoms with Gasteiger partial charge in [-0.25, -0.2) is 0 Å². The van der Waals surface area contributed by atoms with E-state index in [0.29, 0.717) is 103 Å². The summed E-state index contributed by atoms with van der Waals surface area (Å²) in [5.74, 6) is 6.32. The molecule has 0 radical (unpaired) electrons. The van der Waals surface area contributed by atoms with Crippen LogP contribution in [0.2, 0.25) is 0 Å². The van der Waals surface area contributed by atoms with Gasteiger partial charge < -0.3 is 73.7 Å². The summed E-state index contributed by atoms with van der Waals surface area (Å²) in [5, 5.41) is 0. The van der Waals surface area contributed by atoms with Crippen LogP contribution in [0.5, 0.6) is 34.5 Å². The van der Waals surface area contributed by atoms with Crippen molar-refractivity contribution >= 4 is 34.4 Å². The maximum Gasteiger partial charge on any atom is 0.463 e. The summed E-state index contributed by atoms with van der Waals surface area (Å²) in [6.45, 7) is 31.7. The predicted molar refractivity (Wildman–Crippen MR) is 403 cm³/mol. The predicted octanol–water partition coefficient (Wildman–Crippen LogP) is 21.6. The van der Waals surface area contributed by atoms with Crippen molar-refractivity contribution in [3.63, 3.8) is 0 Å². The highest BCUT2D eigenvalue weighted by atomic mass is 31.2. The van der Waals surface area contributed by atoms with Gasteiger partial charge in [-0.3, -0.25) is 9.05 Å². The second kappa shape index (κ2) is 50.7. The zero-order valence-corrected chi connectivity index (χ0v) is 65.0. The van der Waals surface area contributed by atoms with Crippen molar-refractivity contribution in [2.24, 2.45) is 0 Å². The summed E-state index contributed by atoms with van der Waals surface area (Å²) < 4.78 is 112. The van der Waals surface area contributed by atoms with Crippen molar-refractivity contribution in [2.45, 2.75) is 157 Å². The zero-order valence-electron chi connectivity index (χ0n) is 61.4. The normalized spacial score (nSPS) is 14.6. The molecule has 0 fully saturated rings. The number of hydrogen-bond acceptors (Lipinski definition) is 18. The van der Waals surface area contributed by atoms with Crippen LogP contribution in [0, 0.1) is 0 Å². The van der Waals surface area contributed by atoms with E-state index in [9.17, 15) is 0 Å². The lowest BCUT2D eigenvalue weighted by Crippen LogP contribution is -2.14. The zero-order chi connectivity index (χ0) is 71.4. The fraction of sp³-hybridized carbons (Fsp3) is 0.538. The maximum atomic E-state index is 6.50. The van der Waals surface area contributed by atoms with Gasteiger partial charge in [0.2, 0.25) is 0 Å². The van der Waals surface area contributed by atoms with E-state index >= 15 is 0 Å². The molecule has 0 aliphatic rings. The SMILES string of the molecule is CCC(C)c1ccccc1OP(OCCOCCOCCOP(OCCOCCOCCOP(Oc1ccccc1C(C)CC)Oc1ccccc1C(C)CC)Oc1ccccc1C(C)CC)OCCOCCOCCOP(Oc1ccccc1C(C)CC)Oc1ccccc1C(C)CC. The van der Waals surface area contributed by atoms with Crippen LogP contribution in [0.25, 0.3) is 0 Å². The Bertz CT molecular complexity index is 2780. The van der Waals surface area contributed by atoms with Gasteiger partial charge in [-0.2, -0.15) is 0 Å². The molecule has 0 bridgehead atoms. The molecule has 0 spiro atoms. The monoisotopic (exact) mass is 1460 g/mol. The molecule has 0 aromatic heterocycles. The molecule has 22 heteroatoms. The lowest BCUT2D eigenvalue weighted by atomic mass is 9.98. The van der Waals surface area contributed by atoms with E-state index in [0.717, 1.165) is 106 Å². The molecule has 554 valence electrons. The highest BCUT2D eigenvalue weighted by molar-refractivity contribution is 7.43. The topological polar surface area (TPSA) is 166 Å². The van der Waals surface area contributed by atoms with Gasteiger partial charge in [0.1, 0.15) is 34.5 Å². The molecule has 0 heterocycles. The Morgan fingerprint density at radius 2 is 0.340 bits per heavy atom. The Hall–Kier alpha value is -4.64. The number of ether oxygens (including phenoxy) is 6. The van der Waals surface area contributed by atoms with Crippen molar-refractivity contribution in [1.82, 2.24) is 0 Å². The van der Waals surface area contributed by atoms with Gasteiger partial charge in [-0.1, -0.05) is 192 Å². The van der Waals surface area contributed by atoms with Gasteiger partial charge in [0.15, 0.2) is 0 Å². The Labute approximate surface area is 603 Å². The molecular weight excluding hydrogens is 1350 g/mol. The molecule has 8 atom stereocenters. The standard InChI is InChI=1S/C78H114O18P4/c1-13-61(7)67-31-19-25-37-73(67)91-97(87-57-51-81-45-47-83-53-59-89-99(93-75-39-27-21-33-69(75)63(9)15-3)94-76-40-28-22-34-70(76)64(10)16-4)85-55-49-79-43-44-80-50-56-86-98(92-74-38-26-20-32-68(74)62(8)14-2)88-58-52-82-46-48-84-54-60-90-100(95-77-41-29-23-35-71(77)65(11)17-5)96-78-42-30-24-36-72(78)66(12)18-6/h19-42,61-66H,13-18,43-60H2,1-12H3. The molecule has 6 aromatic rings. The van der Waals surface area contributed by atoms with Gasteiger partial charge in [-0.15, -0.1) is 0 Å². The van der Waals surface area contributed by atoms with Gasteiger partial charge >= 0.3 is 34.4 Å². The fourth-order valence-corrected chi connectivity index (χ4v) is 13.9. The average Bonchev–Trinajstić information content (AvgIpc) is 0.862. The van der Waals surface area contributed by atoms with Crippen molar-refractivity contribution in [1.29, 1.82) is 0 Å². The number of rotatable bonds is 57. The molecule has 8 unspecified atom stereocenters. The summed E-state index contributed by atoms with van der Waals surface area (Å²) in [6.07, 6.45) is 5.83. The third kappa shape index (κ3) is 31.0. The highest BCUT2D eigenvalue weighted by Crippen LogP contribution is 2.49. The van der Waals surface area contributed by atoms with Crippen LogP contribution in [0.1, 0.15) is 190 Å². The van der Waals surface area contributed by atoms with Gasteiger partial charge in [0.05, 0.1) is 119 Å². The Balaban J connectivity index is 0.884. The highest BCUT2D eigenvalue weighted by Gasteiger charge is 2.27. The molecule has 6 aromatic carbocycles. The minimum Gasteiger partial charge on any atom is -0.426 e. The summed E-state index contributed by atoms with van der Waals surface area (Å²) in [4.78, 5) is 0. The van der Waals surface area contributed by atoms with E-state index in [1.807, 2.05) is 109 Å². The van der Waals surface area contributed by atoms with Crippen molar-refractivity contribution in [2.75, 3.05) is 119 Å². The Morgan fingerprint density at radius 1 is 0.200 bits per heavy atom. The van der Waals surface area contributed by atoms with Crippen molar-refractivity contribution in [3.05, 3.63) is 179 Å². The summed E-state index contributed by atoms with van der Waals surface area (Å²) >= 11 is 0. The minimum absolute atomic E-state index is 0.240. The molecule has 6 rings (SSSR count). The van der Waals surface area contributed by atoms with Crippen LogP contribution in [-0.2, 0) is 55.6 Å². The second-order valence-corrected chi connectivity index (χ2v) is 28.6. The first kappa shape index (κ1) is 84.3. The summed E-state index contributed by atoms with van der Waals surface area (Å²) in [6, 6.07) is 48.4. The van der Waals surface area contributed by atoms with Crippen LogP contribution in [-0.4, -0.2) is 119 Å². The third-order valence-electron chi connectivity index (χ3n) is 17.1. The number of hydrogen-bond donors (Lipinski definition) is 0. The van der Waals surface area contributed by atoms with Crippen LogP contribution in [0.3, 0.4) is 0 Å². The van der Waals surface area contributed by atoms with E-state index in [-0.39, 0.29) is 51.5 Å². The van der Waals surface area contributed by atoms with Gasteiger partial charge in [-0.05, 0) is 144 Å². The molecule has 0 aliphatic heterocycles. The van der Waals surface area contributed by atoms with Gasteiger partial charge in [0, 0.05) is 0 Å². The number of benzene rings is 6. The van der Waals surface area contributed by atoms with E-state index in [1.165, 1.54) is 0 Å². The molecule has 0 N–H and O–H groups in total. The minimum atomic E-state index is -1.79. The lowest BCUT2D eigenvalue weighted by Gasteiger charge is -2.23. The van der Waals surface area contributed by atoms with Crippen molar-refractivity contribution < 1.29 is 82.7 Å². The largest absolute Gasteiger partial charge is 0.463 e. The van der Waals surface area contributed by atoms with Crippen LogP contribution >= 0.6 is 34.4 Å². The van der Waals surface area contributed by atoms with Crippen LogP contribution < -0.4 is 27.1 Å². The second-order valence-electron chi connectivity index (χ2n) is 24.2. The Kier molecular flexibility index (Phi) is 42.7. The summed E-state index contributed by atoms with van der Waals surface area (Å²) in [7, 11) is -7.17. The van der Waals surface area contributed by atoms with E-state index < -0.39 is 34.4 Å². The molecule has 0 amide bonds. The third-order valence-corrected chi connectivity index (χ3v) is 21.5. The van der Waals surface area contributed by atoms with Crippen LogP contribution in [0.4, 0.5) is 0 Å². The van der Waals surface area contributed by atoms with E-state index in [1.54, 1.807) is 0 Å². The molecule has 0 saturated heterocycles. The van der Waals surface area contributed by atoms with Crippen LogP contribution in [0.15, 0.2) is 146 Å². The van der Waals surface area contributed by atoms with Gasteiger partial charge in [0.25, 0.3) is 0 Å². The molecule has 100 heavy (non-hydrogen) atoms. The van der Waals surface area contributed by atoms with E-state index in [4.69, 9.17) is 82.7 Å². The number of para-hydroxylation sites is 6. The summed E-state index contributed by atoms with van der Waals surface area (Å²) in [5.41, 5.74) is 6.66. The quantitative estimate of drug-likeness (QED) is 0.0261. The lowest BCUT2D eigenvalue weighted by molar-refractivity contribution is 0.0162. The average molecular weight is 1460 g/mol. The molecule has 18 nitrogen and oxygen atoms in total. The van der Waals surface area contributed by atoms with E-state index in [2.05, 4.69) is 119 Å². The maximum absolute atomic E-state index is 6.50. The van der Waals surface area contributed by atoms with Crippen molar-refractivity contribution in [3.8, 4) is 34.5 Å². The Morgan fingerprint density at radius 3 is 0.510 bits per heavy atom. The molecule has 0 aliphatic carbocycles.